The number of alkyl halides is 2. The van der Waals surface area contributed by atoms with E-state index in [1.165, 1.54) is 55.8 Å². The third-order valence-corrected chi connectivity index (χ3v) is 10.4. The summed E-state index contributed by atoms with van der Waals surface area (Å²) in [7, 11) is 2.80. The van der Waals surface area contributed by atoms with Gasteiger partial charge in [-0.1, -0.05) is 53.5 Å². The number of pyridine rings is 1. The fraction of sp³-hybridized carbons (Fsp3) is 0.342. The van der Waals surface area contributed by atoms with E-state index >= 15 is 0 Å². The van der Waals surface area contributed by atoms with E-state index in [0.29, 0.717) is 45.0 Å². The Bertz CT molecular complexity index is 1950. The zero-order valence-corrected chi connectivity index (χ0v) is 30.4. The number of aromatic nitrogens is 1. The van der Waals surface area contributed by atoms with Crippen molar-refractivity contribution in [2.24, 2.45) is 5.92 Å². The lowest BCUT2D eigenvalue weighted by Crippen LogP contribution is -2.53. The topological polar surface area (TPSA) is 122 Å². The second kappa shape index (κ2) is 16.4. The van der Waals surface area contributed by atoms with Crippen molar-refractivity contribution in [3.8, 4) is 17.2 Å². The molecule has 4 heterocycles. The highest BCUT2D eigenvalue weighted by molar-refractivity contribution is 6.35. The predicted molar refractivity (Wildman–Crippen MR) is 191 cm³/mol. The number of carbonyl (C=O) groups excluding carboxylic acids is 1. The maximum atomic E-state index is 14.1. The molecule has 11 nitrogen and oxygen atoms in total. The summed E-state index contributed by atoms with van der Waals surface area (Å²) in [4.78, 5) is 30.7. The van der Waals surface area contributed by atoms with E-state index in [9.17, 15) is 28.7 Å². The standard InChI is InChI=1S/C38H37Cl2F2N3O8/c1-50-32-6-4-3-5-31(32)45(38(48)53-35-21-43-13-11-23(35)12-14-43)18-22-7-9-25(36(46)47)27(15-22)26(17-28-29(39)19-44(49)20-30(28)40)24-8-10-33(52-37(41)42)34(16-24)51-2/h3-10,15-16,19-20,23,26,35,37H,11-14,17-18,21H2,1-2H3,(H-,46,47,49)/p+1/t26-,35-/m0/s1. The van der Waals surface area contributed by atoms with Gasteiger partial charge in [-0.25, -0.2) is 9.59 Å². The molecule has 3 aliphatic heterocycles. The van der Waals surface area contributed by atoms with Gasteiger partial charge in [-0.2, -0.15) is 8.78 Å². The highest BCUT2D eigenvalue weighted by atomic mass is 35.5. The number of carbonyl (C=O) groups is 2. The molecule has 280 valence electrons. The van der Waals surface area contributed by atoms with Gasteiger partial charge < -0.3 is 24.1 Å². The molecule has 7 rings (SSSR count). The second-order valence-corrected chi connectivity index (χ2v) is 13.7. The summed E-state index contributed by atoms with van der Waals surface area (Å²) in [6, 6.07) is 16.1. The quantitative estimate of drug-likeness (QED) is 0.105. The zero-order chi connectivity index (χ0) is 37.8. The number of hydrogen-bond donors (Lipinski definition) is 2. The molecule has 3 aliphatic rings. The van der Waals surface area contributed by atoms with Crippen molar-refractivity contribution in [3.63, 3.8) is 0 Å². The Morgan fingerprint density at radius 1 is 0.962 bits per heavy atom. The van der Waals surface area contributed by atoms with Crippen molar-refractivity contribution >= 4 is 41.0 Å². The number of piperidine rings is 3. The van der Waals surface area contributed by atoms with Crippen LogP contribution in [0.15, 0.2) is 73.1 Å². The molecule has 1 aromatic heterocycles. The molecule has 1 amide bonds. The second-order valence-electron chi connectivity index (χ2n) is 12.9. The monoisotopic (exact) mass is 772 g/mol. The molecule has 53 heavy (non-hydrogen) atoms. The number of halogens is 4. The molecule has 3 aromatic carbocycles. The van der Waals surface area contributed by atoms with Gasteiger partial charge in [0, 0.05) is 22.8 Å². The van der Waals surface area contributed by atoms with Crippen molar-refractivity contribution in [2.75, 3.05) is 38.8 Å². The van der Waals surface area contributed by atoms with Crippen molar-refractivity contribution < 1.29 is 52.4 Å². The van der Waals surface area contributed by atoms with Gasteiger partial charge in [0.2, 0.25) is 12.4 Å². The zero-order valence-electron chi connectivity index (χ0n) is 28.9. The average Bonchev–Trinajstić information content (AvgIpc) is 3.14. The Kier molecular flexibility index (Phi) is 11.8. The van der Waals surface area contributed by atoms with Gasteiger partial charge in [-0.05, 0) is 85.3 Å². The van der Waals surface area contributed by atoms with Crippen LogP contribution < -0.4 is 23.8 Å². The van der Waals surface area contributed by atoms with Gasteiger partial charge in [0.1, 0.15) is 21.9 Å². The van der Waals surface area contributed by atoms with Crippen molar-refractivity contribution in [1.82, 2.24) is 4.90 Å². The van der Waals surface area contributed by atoms with E-state index in [1.807, 2.05) is 0 Å². The third kappa shape index (κ3) is 8.53. The molecule has 15 heteroatoms. The summed E-state index contributed by atoms with van der Waals surface area (Å²) in [5, 5.41) is 20.7. The van der Waals surface area contributed by atoms with Crippen LogP contribution in [0.4, 0.5) is 19.3 Å². The Morgan fingerprint density at radius 3 is 2.28 bits per heavy atom. The fourth-order valence-electron chi connectivity index (χ4n) is 7.15. The predicted octanol–water partition coefficient (Wildman–Crippen LogP) is 7.45. The van der Waals surface area contributed by atoms with Crippen molar-refractivity contribution in [1.29, 1.82) is 0 Å². The van der Waals surface area contributed by atoms with Gasteiger partial charge in [0.15, 0.2) is 11.5 Å². The first-order valence-corrected chi connectivity index (χ1v) is 17.6. The Morgan fingerprint density at radius 2 is 1.66 bits per heavy atom. The number of amides is 1. The van der Waals surface area contributed by atoms with Crippen molar-refractivity contribution in [3.05, 3.63) is 111 Å². The van der Waals surface area contributed by atoms with Crippen LogP contribution >= 0.6 is 23.2 Å². The van der Waals surface area contributed by atoms with Crippen LogP contribution in [0.25, 0.3) is 0 Å². The normalized spacial score (nSPS) is 18.4. The minimum atomic E-state index is -3.11. The summed E-state index contributed by atoms with van der Waals surface area (Å²) in [6.45, 7) is -0.538. The maximum Gasteiger partial charge on any atom is 0.415 e. The van der Waals surface area contributed by atoms with Crippen LogP contribution in [0.2, 0.25) is 10.0 Å². The summed E-state index contributed by atoms with van der Waals surface area (Å²) in [5.74, 6) is -1.59. The van der Waals surface area contributed by atoms with Gasteiger partial charge in [-0.15, -0.1) is 0 Å². The lowest BCUT2D eigenvalue weighted by atomic mass is 9.82. The number of hydrogen-bond acceptors (Lipinski definition) is 8. The first-order valence-electron chi connectivity index (χ1n) is 16.9. The molecule has 3 fully saturated rings. The Balaban J connectivity index is 1.45. The smallest absolute Gasteiger partial charge is 0.415 e. The largest absolute Gasteiger partial charge is 0.495 e. The maximum absolute atomic E-state index is 14.1. The van der Waals surface area contributed by atoms with E-state index in [-0.39, 0.29) is 52.1 Å². The van der Waals surface area contributed by atoms with Crippen LogP contribution in [0.5, 0.6) is 17.2 Å². The van der Waals surface area contributed by atoms with Gasteiger partial charge in [0.05, 0.1) is 32.0 Å². The first-order chi connectivity index (χ1) is 25.4. The van der Waals surface area contributed by atoms with Crippen LogP contribution in [0, 0.1) is 5.92 Å². The molecule has 3 saturated heterocycles. The highest BCUT2D eigenvalue weighted by Crippen LogP contribution is 2.40. The van der Waals surface area contributed by atoms with Gasteiger partial charge in [-0.3, -0.25) is 15.0 Å². The summed E-state index contributed by atoms with van der Waals surface area (Å²) in [6.07, 6.45) is 3.53. The van der Waals surface area contributed by atoms with E-state index in [1.54, 1.807) is 36.4 Å². The van der Waals surface area contributed by atoms with E-state index in [2.05, 4.69) is 9.64 Å². The lowest BCUT2D eigenvalue weighted by molar-refractivity contribution is -0.904. The molecular formula is C38H38Cl2F2N3O8+. The number of aromatic carboxylic acids is 1. The molecule has 0 saturated carbocycles. The highest BCUT2D eigenvalue weighted by Gasteiger charge is 2.38. The van der Waals surface area contributed by atoms with Crippen molar-refractivity contribution in [2.45, 2.75) is 44.4 Å². The van der Waals surface area contributed by atoms with Crippen LogP contribution in [0.3, 0.4) is 0 Å². The first kappa shape index (κ1) is 37.9. The number of carboxylic acids is 1. The minimum absolute atomic E-state index is 0.0122. The Labute approximate surface area is 314 Å². The number of anilines is 1. The summed E-state index contributed by atoms with van der Waals surface area (Å²) < 4.78 is 48.9. The molecule has 2 atom stereocenters. The van der Waals surface area contributed by atoms with Crippen LogP contribution in [-0.4, -0.2) is 73.8 Å². The fourth-order valence-corrected chi connectivity index (χ4v) is 7.76. The molecule has 0 spiro atoms. The lowest BCUT2D eigenvalue weighted by Gasteiger charge is -2.44. The SMILES string of the molecule is COc1cc([C@H](Cc2c(Cl)c[n+](O)cc2Cl)c2cc(CN(C(=O)O[C@H]3CN4CCC3CC4)c3ccccc3OC)ccc2C(=O)O)ccc1OC(F)F. The summed E-state index contributed by atoms with van der Waals surface area (Å²) in [5.41, 5.74) is 2.09. The number of para-hydroxylation sites is 2. The molecule has 2 bridgehead atoms. The molecule has 2 N–H and O–H groups in total. The van der Waals surface area contributed by atoms with Crippen LogP contribution in [-0.2, 0) is 17.7 Å². The van der Waals surface area contributed by atoms with E-state index in [4.69, 9.17) is 37.4 Å². The van der Waals surface area contributed by atoms with Crippen LogP contribution in [0.1, 0.15) is 51.4 Å². The number of methoxy groups -OCH3 is 2. The number of nitrogens with zero attached hydrogens (tertiary/aromatic N) is 3. The van der Waals surface area contributed by atoms with Gasteiger partial charge in [0.25, 0.3) is 0 Å². The number of fused-ring (bicyclic) bond motifs is 3. The van der Waals surface area contributed by atoms with Gasteiger partial charge >= 0.3 is 18.7 Å². The number of ether oxygens (including phenoxy) is 4. The van der Waals surface area contributed by atoms with E-state index in [0.717, 1.165) is 25.9 Å². The molecule has 4 aromatic rings. The number of carboxylic acid groups (broad SMARTS) is 1. The van der Waals surface area contributed by atoms with E-state index < -0.39 is 24.6 Å². The summed E-state index contributed by atoms with van der Waals surface area (Å²) >= 11 is 13.1. The average molecular weight is 774 g/mol. The molecule has 0 unspecified atom stereocenters. The molecule has 0 aliphatic carbocycles. The number of benzene rings is 3. The third-order valence-electron chi connectivity index (χ3n) is 9.79. The minimum Gasteiger partial charge on any atom is -0.495 e. The Hall–Kier alpha value is -4.85. The molecule has 0 radical (unpaired) electrons. The number of rotatable bonds is 13. The molecular weight excluding hydrogens is 735 g/mol.